The number of rotatable bonds is 6. The molecule has 4 N–H and O–H groups in total. The van der Waals surface area contributed by atoms with Crippen molar-refractivity contribution in [3.05, 3.63) is 36.0 Å². The van der Waals surface area contributed by atoms with Crippen molar-refractivity contribution in [2.24, 2.45) is 5.73 Å². The minimum atomic E-state index is -0.237. The zero-order chi connectivity index (χ0) is 12.1. The van der Waals surface area contributed by atoms with Crippen molar-refractivity contribution in [1.29, 1.82) is 0 Å². The van der Waals surface area contributed by atoms with Crippen LogP contribution in [0.15, 0.2) is 30.5 Å². The number of hydrogen-bond donors (Lipinski definition) is 3. The average Bonchev–Trinajstić information content (AvgIpc) is 2.77. The Labute approximate surface area is 100 Å². The Balaban J connectivity index is 1.86. The number of H-pyrrole nitrogens is 1. The van der Waals surface area contributed by atoms with E-state index < -0.39 is 0 Å². The molecule has 4 nitrogen and oxygen atoms in total. The molecule has 0 fully saturated rings. The zero-order valence-electron chi connectivity index (χ0n) is 9.70. The highest BCUT2D eigenvalue weighted by Crippen LogP contribution is 2.16. The topological polar surface area (TPSA) is 70.9 Å². The summed E-state index contributed by atoms with van der Waals surface area (Å²) in [6, 6.07) is 8.29. The summed E-state index contributed by atoms with van der Waals surface area (Å²) in [6.07, 6.45) is 3.18. The lowest BCUT2D eigenvalue weighted by Gasteiger charge is -2.05. The number of aromatic nitrogens is 1. The van der Waals surface area contributed by atoms with Crippen LogP contribution in [0.3, 0.4) is 0 Å². The minimum Gasteiger partial charge on any atom is -0.370 e. The maximum Gasteiger partial charge on any atom is 0.217 e. The van der Waals surface area contributed by atoms with E-state index in [4.69, 9.17) is 5.73 Å². The van der Waals surface area contributed by atoms with Crippen molar-refractivity contribution < 1.29 is 4.79 Å². The molecule has 4 heteroatoms. The molecular weight excluding hydrogens is 214 g/mol. The number of primary amides is 1. The summed E-state index contributed by atoms with van der Waals surface area (Å²) in [7, 11) is 0. The summed E-state index contributed by atoms with van der Waals surface area (Å²) >= 11 is 0. The first-order valence-corrected chi connectivity index (χ1v) is 5.81. The Morgan fingerprint density at radius 3 is 3.06 bits per heavy atom. The van der Waals surface area contributed by atoms with Gasteiger partial charge in [-0.05, 0) is 30.7 Å². The van der Waals surface area contributed by atoms with Crippen molar-refractivity contribution in [2.75, 3.05) is 6.54 Å². The molecule has 17 heavy (non-hydrogen) atoms. The maximum absolute atomic E-state index is 10.6. The van der Waals surface area contributed by atoms with E-state index >= 15 is 0 Å². The van der Waals surface area contributed by atoms with Gasteiger partial charge in [0.15, 0.2) is 0 Å². The standard InChI is InChI=1S/C13H17N3O/c14-13(17)5-2-7-15-9-10-3-1-4-12-11(10)6-8-16-12/h1,3-4,6,8,15-16H,2,5,7,9H2,(H2,14,17). The summed E-state index contributed by atoms with van der Waals surface area (Å²) in [5.74, 6) is -0.237. The number of nitrogens with one attached hydrogen (secondary N) is 2. The fraction of sp³-hybridized carbons (Fsp3) is 0.308. The van der Waals surface area contributed by atoms with Crippen molar-refractivity contribution in [3.63, 3.8) is 0 Å². The predicted molar refractivity (Wildman–Crippen MR) is 68.4 cm³/mol. The van der Waals surface area contributed by atoms with E-state index in [1.807, 2.05) is 12.3 Å². The van der Waals surface area contributed by atoms with Crippen LogP contribution in [0.25, 0.3) is 10.9 Å². The highest BCUT2D eigenvalue weighted by atomic mass is 16.1. The molecule has 0 saturated carbocycles. The van der Waals surface area contributed by atoms with Crippen molar-refractivity contribution >= 4 is 16.8 Å². The molecule has 0 spiro atoms. The highest BCUT2D eigenvalue weighted by molar-refractivity contribution is 5.82. The predicted octanol–water partition coefficient (Wildman–Crippen LogP) is 1.52. The Hall–Kier alpha value is -1.81. The normalized spacial score (nSPS) is 10.8. The molecule has 1 aromatic carbocycles. The van der Waals surface area contributed by atoms with Crippen LogP contribution in [0.5, 0.6) is 0 Å². The van der Waals surface area contributed by atoms with Gasteiger partial charge in [0.2, 0.25) is 5.91 Å². The monoisotopic (exact) mass is 231 g/mol. The first-order chi connectivity index (χ1) is 8.27. The average molecular weight is 231 g/mol. The van der Waals surface area contributed by atoms with Crippen LogP contribution >= 0.6 is 0 Å². The van der Waals surface area contributed by atoms with Crippen molar-refractivity contribution in [1.82, 2.24) is 10.3 Å². The van der Waals surface area contributed by atoms with Crippen LogP contribution in [0, 0.1) is 0 Å². The number of amides is 1. The third-order valence-corrected chi connectivity index (χ3v) is 2.78. The lowest BCUT2D eigenvalue weighted by molar-refractivity contribution is -0.118. The molecule has 2 aromatic rings. The van der Waals surface area contributed by atoms with Gasteiger partial charge in [0.25, 0.3) is 0 Å². The second-order valence-corrected chi connectivity index (χ2v) is 4.10. The molecule has 1 heterocycles. The van der Waals surface area contributed by atoms with Gasteiger partial charge in [0.05, 0.1) is 0 Å². The van der Waals surface area contributed by atoms with Gasteiger partial charge in [-0.1, -0.05) is 12.1 Å². The Kier molecular flexibility index (Phi) is 3.77. The van der Waals surface area contributed by atoms with E-state index in [-0.39, 0.29) is 5.91 Å². The van der Waals surface area contributed by atoms with Crippen LogP contribution in [-0.4, -0.2) is 17.4 Å². The van der Waals surface area contributed by atoms with E-state index in [1.165, 1.54) is 10.9 Å². The molecule has 0 saturated heterocycles. The fourth-order valence-corrected chi connectivity index (χ4v) is 1.92. The number of aromatic amines is 1. The lowest BCUT2D eigenvalue weighted by atomic mass is 10.1. The second-order valence-electron chi connectivity index (χ2n) is 4.10. The summed E-state index contributed by atoms with van der Waals surface area (Å²) in [5, 5.41) is 4.56. The molecule has 0 aliphatic heterocycles. The van der Waals surface area contributed by atoms with Crippen molar-refractivity contribution in [2.45, 2.75) is 19.4 Å². The van der Waals surface area contributed by atoms with Gasteiger partial charge in [-0.25, -0.2) is 0 Å². The molecule has 0 bridgehead atoms. The number of benzene rings is 1. The first kappa shape index (κ1) is 11.7. The largest absolute Gasteiger partial charge is 0.370 e. The van der Waals surface area contributed by atoms with E-state index in [1.54, 1.807) is 0 Å². The first-order valence-electron chi connectivity index (χ1n) is 5.81. The number of carbonyl (C=O) groups is 1. The smallest absolute Gasteiger partial charge is 0.217 e. The van der Waals surface area contributed by atoms with Gasteiger partial charge in [-0.2, -0.15) is 0 Å². The Morgan fingerprint density at radius 1 is 1.35 bits per heavy atom. The van der Waals surface area contributed by atoms with E-state index in [0.717, 1.165) is 25.0 Å². The van der Waals surface area contributed by atoms with E-state index in [0.29, 0.717) is 6.42 Å². The molecular formula is C13H17N3O. The molecule has 1 aromatic heterocycles. The number of fused-ring (bicyclic) bond motifs is 1. The SMILES string of the molecule is NC(=O)CCCNCc1cccc2[nH]ccc12. The van der Waals surface area contributed by atoms with Crippen LogP contribution in [0.2, 0.25) is 0 Å². The molecule has 0 atom stereocenters. The molecule has 0 unspecified atom stereocenters. The Morgan fingerprint density at radius 2 is 2.24 bits per heavy atom. The summed E-state index contributed by atoms with van der Waals surface area (Å²) in [6.45, 7) is 1.62. The molecule has 0 aliphatic carbocycles. The summed E-state index contributed by atoms with van der Waals surface area (Å²) in [4.78, 5) is 13.8. The number of nitrogens with two attached hydrogens (primary N) is 1. The quantitative estimate of drug-likeness (QED) is 0.660. The second kappa shape index (κ2) is 5.50. The van der Waals surface area contributed by atoms with E-state index in [2.05, 4.69) is 28.5 Å². The lowest BCUT2D eigenvalue weighted by Crippen LogP contribution is -2.18. The van der Waals surface area contributed by atoms with Gasteiger partial charge in [-0.3, -0.25) is 4.79 Å². The Bertz CT molecular complexity index is 504. The van der Waals surface area contributed by atoms with E-state index in [9.17, 15) is 4.79 Å². The number of hydrogen-bond acceptors (Lipinski definition) is 2. The molecule has 0 aliphatic rings. The van der Waals surface area contributed by atoms with Gasteiger partial charge in [0, 0.05) is 30.1 Å². The molecule has 2 rings (SSSR count). The van der Waals surface area contributed by atoms with Crippen LogP contribution < -0.4 is 11.1 Å². The molecule has 0 radical (unpaired) electrons. The number of carbonyl (C=O) groups excluding carboxylic acids is 1. The van der Waals surface area contributed by atoms with Gasteiger partial charge < -0.3 is 16.0 Å². The third-order valence-electron chi connectivity index (χ3n) is 2.78. The van der Waals surface area contributed by atoms with Gasteiger partial charge in [-0.15, -0.1) is 0 Å². The molecule has 90 valence electrons. The van der Waals surface area contributed by atoms with Crippen LogP contribution in [-0.2, 0) is 11.3 Å². The third kappa shape index (κ3) is 3.07. The zero-order valence-corrected chi connectivity index (χ0v) is 9.70. The van der Waals surface area contributed by atoms with Gasteiger partial charge in [0.1, 0.15) is 0 Å². The molecule has 1 amide bonds. The summed E-state index contributed by atoms with van der Waals surface area (Å²) in [5.41, 5.74) is 7.50. The van der Waals surface area contributed by atoms with Gasteiger partial charge >= 0.3 is 0 Å². The van der Waals surface area contributed by atoms with Crippen LogP contribution in [0.4, 0.5) is 0 Å². The summed E-state index contributed by atoms with van der Waals surface area (Å²) < 4.78 is 0. The van der Waals surface area contributed by atoms with Crippen LogP contribution in [0.1, 0.15) is 18.4 Å². The maximum atomic E-state index is 10.6. The minimum absolute atomic E-state index is 0.237. The highest BCUT2D eigenvalue weighted by Gasteiger charge is 2.00. The van der Waals surface area contributed by atoms with Crippen molar-refractivity contribution in [3.8, 4) is 0 Å². The fourth-order valence-electron chi connectivity index (χ4n) is 1.92.